The first-order valence-corrected chi connectivity index (χ1v) is 13.7. The van der Waals surface area contributed by atoms with Gasteiger partial charge in [0.2, 0.25) is 0 Å². The molecule has 0 spiro atoms. The Labute approximate surface area is 241 Å². The number of anilines is 1. The van der Waals surface area contributed by atoms with Gasteiger partial charge in [-0.25, -0.2) is 5.43 Å². The maximum Gasteiger partial charge on any atom is 0.291 e. The van der Waals surface area contributed by atoms with E-state index < -0.39 is 5.91 Å². The normalized spacial score (nSPS) is 13.6. The van der Waals surface area contributed by atoms with E-state index in [4.69, 9.17) is 20.8 Å². The van der Waals surface area contributed by atoms with Crippen LogP contribution >= 0.6 is 11.6 Å². The van der Waals surface area contributed by atoms with Crippen LogP contribution in [0.25, 0.3) is 10.8 Å². The monoisotopic (exact) mass is 563 g/mol. The van der Waals surface area contributed by atoms with E-state index in [0.29, 0.717) is 57.6 Å². The third-order valence-electron chi connectivity index (χ3n) is 7.02. The Balaban J connectivity index is 1.25. The van der Waals surface area contributed by atoms with Gasteiger partial charge in [-0.1, -0.05) is 66.2 Å². The molecule has 5 aromatic rings. The lowest BCUT2D eigenvalue weighted by molar-refractivity contribution is 0.0955. The van der Waals surface area contributed by atoms with E-state index in [9.17, 15) is 9.59 Å². The van der Waals surface area contributed by atoms with Crippen molar-refractivity contribution < 1.29 is 18.7 Å². The summed E-state index contributed by atoms with van der Waals surface area (Å²) in [5.74, 6) is 1.19. The number of rotatable bonds is 6. The van der Waals surface area contributed by atoms with Crippen molar-refractivity contribution in [3.8, 4) is 11.5 Å². The minimum absolute atomic E-state index is 0.176. The van der Waals surface area contributed by atoms with Gasteiger partial charge in [0.25, 0.3) is 11.8 Å². The summed E-state index contributed by atoms with van der Waals surface area (Å²) < 4.78 is 12.0. The standard InChI is InChI=1S/C33H26ClN3O4/c1-20-30-26(36-37-32(38)25-14-7-10-21-9-5-6-13-24(21)25)15-8-16-29(30)41-31(20)33(39)35-27-19-22(34)17-18-28(27)40-23-11-3-2-4-12-23/h2-7,9-14,17-19H,8,15-16H2,1H3,(H,35,39)(H,37,38)/b36-26+. The van der Waals surface area contributed by atoms with Crippen LogP contribution < -0.4 is 15.5 Å². The first-order chi connectivity index (χ1) is 20.0. The van der Waals surface area contributed by atoms with Crippen molar-refractivity contribution in [3.63, 3.8) is 0 Å². The highest BCUT2D eigenvalue weighted by molar-refractivity contribution is 6.31. The Morgan fingerprint density at radius 3 is 2.54 bits per heavy atom. The second-order valence-electron chi connectivity index (χ2n) is 9.74. The first-order valence-electron chi connectivity index (χ1n) is 13.3. The zero-order valence-electron chi connectivity index (χ0n) is 22.2. The summed E-state index contributed by atoms with van der Waals surface area (Å²) in [4.78, 5) is 26.5. The number of amides is 2. The predicted octanol–water partition coefficient (Wildman–Crippen LogP) is 7.91. The van der Waals surface area contributed by atoms with E-state index in [2.05, 4.69) is 15.8 Å². The van der Waals surface area contributed by atoms with Crippen LogP contribution in [0.2, 0.25) is 5.02 Å². The van der Waals surface area contributed by atoms with Crippen LogP contribution in [0, 0.1) is 6.92 Å². The highest BCUT2D eigenvalue weighted by atomic mass is 35.5. The van der Waals surface area contributed by atoms with Gasteiger partial charge >= 0.3 is 0 Å². The summed E-state index contributed by atoms with van der Waals surface area (Å²) >= 11 is 6.24. The first kappa shape index (κ1) is 26.3. The summed E-state index contributed by atoms with van der Waals surface area (Å²) in [5, 5.41) is 9.66. The van der Waals surface area contributed by atoms with Crippen LogP contribution in [0.4, 0.5) is 5.69 Å². The highest BCUT2D eigenvalue weighted by Gasteiger charge is 2.28. The number of nitrogens with zero attached hydrogens (tertiary/aromatic N) is 1. The Morgan fingerprint density at radius 2 is 1.68 bits per heavy atom. The van der Waals surface area contributed by atoms with Crippen LogP contribution in [-0.2, 0) is 6.42 Å². The maximum absolute atomic E-state index is 13.4. The van der Waals surface area contributed by atoms with Crippen molar-refractivity contribution in [2.75, 3.05) is 5.32 Å². The molecular weight excluding hydrogens is 538 g/mol. The van der Waals surface area contributed by atoms with E-state index in [-0.39, 0.29) is 11.7 Å². The van der Waals surface area contributed by atoms with Gasteiger partial charge in [0.1, 0.15) is 11.5 Å². The van der Waals surface area contributed by atoms with E-state index in [1.807, 2.05) is 73.7 Å². The number of para-hydroxylation sites is 1. The number of carbonyl (C=O) groups is 2. The van der Waals surface area contributed by atoms with Crippen molar-refractivity contribution in [1.29, 1.82) is 0 Å². The zero-order valence-corrected chi connectivity index (χ0v) is 23.0. The SMILES string of the molecule is Cc1c(C(=O)Nc2cc(Cl)ccc2Oc2ccccc2)oc2c1/C(=N/NC(=O)c1cccc3ccccc13)CCC2. The predicted molar refractivity (Wildman–Crippen MR) is 160 cm³/mol. The van der Waals surface area contributed by atoms with Gasteiger partial charge in [-0.3, -0.25) is 9.59 Å². The molecule has 0 aliphatic heterocycles. The molecule has 0 saturated carbocycles. The number of fused-ring (bicyclic) bond motifs is 2. The van der Waals surface area contributed by atoms with Gasteiger partial charge in [-0.2, -0.15) is 5.10 Å². The van der Waals surface area contributed by atoms with Crippen LogP contribution in [0.1, 0.15) is 50.6 Å². The Kier molecular flexibility index (Phi) is 7.27. The number of halogens is 1. The maximum atomic E-state index is 13.4. The molecule has 2 amide bonds. The lowest BCUT2D eigenvalue weighted by atomic mass is 9.93. The molecule has 7 nitrogen and oxygen atoms in total. The number of aryl methyl sites for hydroxylation is 1. The van der Waals surface area contributed by atoms with Gasteiger partial charge in [0, 0.05) is 28.1 Å². The number of hydrogen-bond acceptors (Lipinski definition) is 5. The number of carbonyl (C=O) groups excluding carboxylic acids is 2. The molecule has 1 aliphatic carbocycles. The number of benzene rings is 4. The number of hydrogen-bond donors (Lipinski definition) is 2. The molecule has 6 rings (SSSR count). The molecule has 0 fully saturated rings. The molecule has 1 aromatic heterocycles. The largest absolute Gasteiger partial charge is 0.455 e. The van der Waals surface area contributed by atoms with Gasteiger partial charge in [0.15, 0.2) is 11.5 Å². The fourth-order valence-corrected chi connectivity index (χ4v) is 5.25. The highest BCUT2D eigenvalue weighted by Crippen LogP contribution is 2.34. The Hall–Kier alpha value is -4.88. The topological polar surface area (TPSA) is 92.9 Å². The molecular formula is C33H26ClN3O4. The molecule has 0 unspecified atom stereocenters. The number of nitrogens with one attached hydrogen (secondary N) is 2. The molecule has 0 radical (unpaired) electrons. The molecule has 0 atom stereocenters. The zero-order chi connectivity index (χ0) is 28.3. The Bertz CT molecular complexity index is 1810. The van der Waals surface area contributed by atoms with Crippen LogP contribution in [-0.4, -0.2) is 17.5 Å². The lowest BCUT2D eigenvalue weighted by Crippen LogP contribution is -2.22. The molecule has 0 bridgehead atoms. The van der Waals surface area contributed by atoms with Crippen LogP contribution in [0.15, 0.2) is 101 Å². The van der Waals surface area contributed by atoms with E-state index >= 15 is 0 Å². The molecule has 4 aromatic carbocycles. The third-order valence-corrected chi connectivity index (χ3v) is 7.25. The molecule has 2 N–H and O–H groups in total. The van der Waals surface area contributed by atoms with Gasteiger partial charge in [0.05, 0.1) is 11.4 Å². The molecule has 1 aliphatic rings. The molecule has 0 saturated heterocycles. The third kappa shape index (κ3) is 5.44. The van der Waals surface area contributed by atoms with Crippen molar-refractivity contribution >= 4 is 45.6 Å². The summed E-state index contributed by atoms with van der Waals surface area (Å²) in [6.45, 7) is 1.82. The summed E-state index contributed by atoms with van der Waals surface area (Å²) in [5.41, 5.74) is 5.77. The summed E-state index contributed by atoms with van der Waals surface area (Å²) in [6, 6.07) is 27.6. The smallest absolute Gasteiger partial charge is 0.291 e. The molecule has 8 heteroatoms. The van der Waals surface area contributed by atoms with Gasteiger partial charge in [-0.15, -0.1) is 0 Å². The van der Waals surface area contributed by atoms with E-state index in [0.717, 1.165) is 22.8 Å². The lowest BCUT2D eigenvalue weighted by Gasteiger charge is -2.14. The fourth-order valence-electron chi connectivity index (χ4n) is 5.08. The van der Waals surface area contributed by atoms with E-state index in [1.54, 1.807) is 24.3 Å². The molecule has 1 heterocycles. The minimum atomic E-state index is -0.434. The Morgan fingerprint density at radius 1 is 0.902 bits per heavy atom. The van der Waals surface area contributed by atoms with Crippen LogP contribution in [0.3, 0.4) is 0 Å². The minimum Gasteiger partial charge on any atom is -0.455 e. The second-order valence-corrected chi connectivity index (χ2v) is 10.2. The second kappa shape index (κ2) is 11.3. The fraction of sp³-hybridized carbons (Fsp3) is 0.121. The summed E-state index contributed by atoms with van der Waals surface area (Å²) in [6.07, 6.45) is 2.10. The van der Waals surface area contributed by atoms with Gasteiger partial charge < -0.3 is 14.5 Å². The number of hydrazone groups is 1. The van der Waals surface area contributed by atoms with Crippen molar-refractivity contribution in [3.05, 3.63) is 124 Å². The average Bonchev–Trinajstić information content (AvgIpc) is 3.34. The number of furan rings is 1. The van der Waals surface area contributed by atoms with Crippen molar-refractivity contribution in [2.45, 2.75) is 26.2 Å². The summed E-state index contributed by atoms with van der Waals surface area (Å²) in [7, 11) is 0. The molecule has 41 heavy (non-hydrogen) atoms. The van der Waals surface area contributed by atoms with Crippen molar-refractivity contribution in [1.82, 2.24) is 5.43 Å². The number of ether oxygens (including phenoxy) is 1. The van der Waals surface area contributed by atoms with Crippen LogP contribution in [0.5, 0.6) is 11.5 Å². The average molecular weight is 564 g/mol. The van der Waals surface area contributed by atoms with Crippen molar-refractivity contribution in [2.24, 2.45) is 5.10 Å². The molecule has 204 valence electrons. The quantitative estimate of drug-likeness (QED) is 0.205. The van der Waals surface area contributed by atoms with E-state index in [1.165, 1.54) is 0 Å². The van der Waals surface area contributed by atoms with Gasteiger partial charge in [-0.05, 0) is 66.9 Å².